The number of hydrogen-bond donors (Lipinski definition) is 1. The van der Waals surface area contributed by atoms with E-state index < -0.39 is 0 Å². The average molecular weight is 338 g/mol. The maximum atomic E-state index is 12.4. The molecule has 3 heterocycles. The van der Waals surface area contributed by atoms with E-state index in [-0.39, 0.29) is 12.1 Å². The molecule has 2 amide bonds. The Morgan fingerprint density at radius 2 is 2.22 bits per heavy atom. The molecule has 1 N–H and O–H groups in total. The smallest absolute Gasteiger partial charge is 0.317 e. The highest BCUT2D eigenvalue weighted by Crippen LogP contribution is 2.33. The van der Waals surface area contributed by atoms with Crippen molar-refractivity contribution in [3.63, 3.8) is 0 Å². The second-order valence-electron chi connectivity index (χ2n) is 6.33. The highest BCUT2D eigenvalue weighted by molar-refractivity contribution is 7.99. The van der Waals surface area contributed by atoms with E-state index in [1.165, 1.54) is 0 Å². The van der Waals surface area contributed by atoms with Crippen molar-refractivity contribution in [1.82, 2.24) is 20.0 Å². The molecule has 2 saturated heterocycles. The number of nitrogens with one attached hydrogen (secondary N) is 1. The van der Waals surface area contributed by atoms with Gasteiger partial charge in [0.15, 0.2) is 0 Å². The van der Waals surface area contributed by atoms with E-state index in [1.54, 1.807) is 6.20 Å². The number of urea groups is 1. The normalized spacial score (nSPS) is 25.7. The first-order valence-electron chi connectivity index (χ1n) is 8.34. The van der Waals surface area contributed by atoms with Crippen molar-refractivity contribution in [2.24, 2.45) is 13.0 Å². The molecule has 1 aromatic rings. The van der Waals surface area contributed by atoms with Crippen molar-refractivity contribution >= 4 is 17.8 Å². The molecule has 3 rings (SSSR count). The minimum absolute atomic E-state index is 0.0324. The van der Waals surface area contributed by atoms with Gasteiger partial charge >= 0.3 is 6.03 Å². The highest BCUT2D eigenvalue weighted by atomic mass is 32.2. The van der Waals surface area contributed by atoms with Crippen LogP contribution in [-0.2, 0) is 11.8 Å². The Kier molecular flexibility index (Phi) is 5.48. The Labute approximate surface area is 141 Å². The summed E-state index contributed by atoms with van der Waals surface area (Å²) in [6.07, 6.45) is 7.15. The van der Waals surface area contributed by atoms with Gasteiger partial charge in [0.25, 0.3) is 0 Å². The fraction of sp³-hybridized carbons (Fsp3) is 0.750. The van der Waals surface area contributed by atoms with Gasteiger partial charge in [0.1, 0.15) is 6.10 Å². The van der Waals surface area contributed by atoms with E-state index in [1.807, 2.05) is 34.5 Å². The summed E-state index contributed by atoms with van der Waals surface area (Å²) in [5, 5.41) is 8.03. The van der Waals surface area contributed by atoms with Gasteiger partial charge in [-0.1, -0.05) is 0 Å². The number of likely N-dealkylation sites (tertiary alicyclic amines) is 1. The summed E-state index contributed by atoms with van der Waals surface area (Å²) in [6.45, 7) is 3.14. The third-order valence-electron chi connectivity index (χ3n) is 4.94. The lowest BCUT2D eigenvalue weighted by Crippen LogP contribution is -2.46. The predicted molar refractivity (Wildman–Crippen MR) is 91.5 cm³/mol. The van der Waals surface area contributed by atoms with E-state index >= 15 is 0 Å². The van der Waals surface area contributed by atoms with Crippen LogP contribution in [0, 0.1) is 5.92 Å². The van der Waals surface area contributed by atoms with Crippen LogP contribution in [0.5, 0.6) is 0 Å². The maximum Gasteiger partial charge on any atom is 0.317 e. The lowest BCUT2D eigenvalue weighted by atomic mass is 9.99. The highest BCUT2D eigenvalue weighted by Gasteiger charge is 2.32. The Morgan fingerprint density at radius 3 is 2.87 bits per heavy atom. The van der Waals surface area contributed by atoms with Crippen LogP contribution in [0.3, 0.4) is 0 Å². The summed E-state index contributed by atoms with van der Waals surface area (Å²) in [5.41, 5.74) is 1.09. The number of amides is 2. The van der Waals surface area contributed by atoms with Crippen molar-refractivity contribution in [1.29, 1.82) is 0 Å². The number of carbonyl (C=O) groups is 1. The number of aromatic nitrogens is 2. The van der Waals surface area contributed by atoms with Crippen LogP contribution in [0.25, 0.3) is 0 Å². The summed E-state index contributed by atoms with van der Waals surface area (Å²) < 4.78 is 7.73. The summed E-state index contributed by atoms with van der Waals surface area (Å²) >= 11 is 1.91. The van der Waals surface area contributed by atoms with Crippen LogP contribution in [0.1, 0.15) is 31.1 Å². The standard InChI is InChI=1S/C16H26N4O2S/c1-19-14(3-7-18-19)15-12(6-10-22-15)11-17-16(21)20-8-4-13(23-2)5-9-20/h3,7,12-13,15H,4-6,8-11H2,1-2H3,(H,17,21)/t12-,15+/m0/s1. The van der Waals surface area contributed by atoms with E-state index in [4.69, 9.17) is 4.74 Å². The van der Waals surface area contributed by atoms with Crippen LogP contribution < -0.4 is 5.32 Å². The van der Waals surface area contributed by atoms with Crippen LogP contribution >= 0.6 is 11.8 Å². The maximum absolute atomic E-state index is 12.4. The molecule has 7 heteroatoms. The molecular weight excluding hydrogens is 312 g/mol. The second-order valence-corrected chi connectivity index (χ2v) is 7.47. The molecule has 1 aromatic heterocycles. The van der Waals surface area contributed by atoms with E-state index in [9.17, 15) is 4.79 Å². The molecule has 2 aliphatic heterocycles. The van der Waals surface area contributed by atoms with Gasteiger partial charge in [0, 0.05) is 50.7 Å². The number of nitrogens with zero attached hydrogens (tertiary/aromatic N) is 3. The molecule has 2 atom stereocenters. The van der Waals surface area contributed by atoms with Crippen LogP contribution in [0.2, 0.25) is 0 Å². The minimum Gasteiger partial charge on any atom is -0.372 e. The summed E-state index contributed by atoms with van der Waals surface area (Å²) in [6, 6.07) is 2.07. The third kappa shape index (κ3) is 3.83. The average Bonchev–Trinajstić information content (AvgIpc) is 3.20. The Balaban J connectivity index is 1.50. The zero-order valence-electron chi connectivity index (χ0n) is 13.9. The van der Waals surface area contributed by atoms with Crippen molar-refractivity contribution in [2.75, 3.05) is 32.5 Å². The molecule has 0 bridgehead atoms. The van der Waals surface area contributed by atoms with Gasteiger partial charge in [0.2, 0.25) is 0 Å². The molecule has 0 radical (unpaired) electrons. The molecular formula is C16H26N4O2S. The molecule has 2 fully saturated rings. The summed E-state index contributed by atoms with van der Waals surface area (Å²) in [4.78, 5) is 14.3. The van der Waals surface area contributed by atoms with Gasteiger partial charge in [-0.2, -0.15) is 16.9 Å². The van der Waals surface area contributed by atoms with Crippen molar-refractivity contribution in [3.05, 3.63) is 18.0 Å². The Morgan fingerprint density at radius 1 is 1.43 bits per heavy atom. The fourth-order valence-electron chi connectivity index (χ4n) is 3.46. The number of rotatable bonds is 4. The summed E-state index contributed by atoms with van der Waals surface area (Å²) in [5.74, 6) is 0.318. The van der Waals surface area contributed by atoms with Gasteiger partial charge in [0.05, 0.1) is 5.69 Å². The molecule has 23 heavy (non-hydrogen) atoms. The zero-order valence-corrected chi connectivity index (χ0v) is 14.7. The molecule has 0 aliphatic carbocycles. The first kappa shape index (κ1) is 16.6. The molecule has 2 aliphatic rings. The first-order chi connectivity index (χ1) is 11.2. The molecule has 0 unspecified atom stereocenters. The van der Waals surface area contributed by atoms with Crippen LogP contribution in [0.4, 0.5) is 4.79 Å². The van der Waals surface area contributed by atoms with Gasteiger partial charge in [-0.25, -0.2) is 4.79 Å². The molecule has 0 spiro atoms. The SMILES string of the molecule is CSC1CCN(C(=O)NC[C@@H]2CCO[C@H]2c2ccnn2C)CC1. The predicted octanol–water partition coefficient (Wildman–Crippen LogP) is 2.03. The van der Waals surface area contributed by atoms with Gasteiger partial charge in [-0.15, -0.1) is 0 Å². The van der Waals surface area contributed by atoms with Gasteiger partial charge in [-0.3, -0.25) is 4.68 Å². The third-order valence-corrected chi connectivity index (χ3v) is 6.08. The lowest BCUT2D eigenvalue weighted by molar-refractivity contribution is 0.0838. The molecule has 0 aromatic carbocycles. The van der Waals surface area contributed by atoms with Crippen molar-refractivity contribution in [2.45, 2.75) is 30.6 Å². The quantitative estimate of drug-likeness (QED) is 0.913. The molecule has 0 saturated carbocycles. The van der Waals surface area contributed by atoms with E-state index in [0.717, 1.165) is 44.7 Å². The Bertz CT molecular complexity index is 528. The topological polar surface area (TPSA) is 59.4 Å². The number of piperidine rings is 1. The Hall–Kier alpha value is -1.21. The van der Waals surface area contributed by atoms with Crippen molar-refractivity contribution < 1.29 is 9.53 Å². The minimum atomic E-state index is 0.0324. The lowest BCUT2D eigenvalue weighted by Gasteiger charge is -2.31. The number of thioether (sulfide) groups is 1. The van der Waals surface area contributed by atoms with Crippen molar-refractivity contribution in [3.8, 4) is 0 Å². The first-order valence-corrected chi connectivity index (χ1v) is 9.63. The van der Waals surface area contributed by atoms with Gasteiger partial charge in [-0.05, 0) is 31.6 Å². The van der Waals surface area contributed by atoms with Crippen LogP contribution in [0.15, 0.2) is 12.3 Å². The zero-order chi connectivity index (χ0) is 16.2. The number of carbonyl (C=O) groups excluding carboxylic acids is 1. The number of hydrogen-bond acceptors (Lipinski definition) is 4. The summed E-state index contributed by atoms with van der Waals surface area (Å²) in [7, 11) is 1.93. The largest absolute Gasteiger partial charge is 0.372 e. The second kappa shape index (κ2) is 7.57. The van der Waals surface area contributed by atoms with Gasteiger partial charge < -0.3 is 15.0 Å². The van der Waals surface area contributed by atoms with Crippen LogP contribution in [-0.4, -0.2) is 58.5 Å². The monoisotopic (exact) mass is 338 g/mol. The number of ether oxygens (including phenoxy) is 1. The number of aryl methyl sites for hydroxylation is 1. The fourth-order valence-corrected chi connectivity index (χ4v) is 4.14. The molecule has 128 valence electrons. The molecule has 6 nitrogen and oxygen atoms in total. The van der Waals surface area contributed by atoms with E-state index in [2.05, 4.69) is 16.7 Å². The van der Waals surface area contributed by atoms with E-state index in [0.29, 0.717) is 17.7 Å².